The second-order valence-electron chi connectivity index (χ2n) is 4.29. The number of imidazole rings is 1. The number of fused-ring (bicyclic) bond motifs is 1. The molecule has 2 N–H and O–H groups in total. The third kappa shape index (κ3) is 1.62. The van der Waals surface area contributed by atoms with E-state index < -0.39 is 0 Å². The molecule has 3 nitrogen and oxygen atoms in total. The number of hydrogen-bond acceptors (Lipinski definition) is 2. The summed E-state index contributed by atoms with van der Waals surface area (Å²) < 4.78 is 15.0. The molecule has 3 rings (SSSR count). The zero-order valence-corrected chi connectivity index (χ0v) is 9.89. The topological polar surface area (TPSA) is 43.3 Å². The number of aromatic nitrogens is 2. The summed E-state index contributed by atoms with van der Waals surface area (Å²) in [7, 11) is 0. The second-order valence-corrected chi connectivity index (χ2v) is 4.29. The second kappa shape index (κ2) is 3.84. The lowest BCUT2D eigenvalue weighted by atomic mass is 10.1. The number of anilines is 1. The van der Waals surface area contributed by atoms with E-state index in [2.05, 4.69) is 4.98 Å². The van der Waals surface area contributed by atoms with Crippen molar-refractivity contribution in [2.75, 3.05) is 5.73 Å². The quantitative estimate of drug-likeness (QED) is 0.711. The third-order valence-electron chi connectivity index (χ3n) is 2.90. The van der Waals surface area contributed by atoms with E-state index in [0.717, 1.165) is 11.2 Å². The van der Waals surface area contributed by atoms with Crippen molar-refractivity contribution in [1.29, 1.82) is 0 Å². The van der Waals surface area contributed by atoms with Gasteiger partial charge in [0.1, 0.15) is 23.0 Å². The van der Waals surface area contributed by atoms with Crippen molar-refractivity contribution in [3.05, 3.63) is 54.0 Å². The Labute approximate surface area is 104 Å². The Morgan fingerprint density at radius 2 is 2.06 bits per heavy atom. The molecule has 4 heteroatoms. The van der Waals surface area contributed by atoms with E-state index in [0.29, 0.717) is 17.1 Å². The van der Waals surface area contributed by atoms with Crippen molar-refractivity contribution in [2.24, 2.45) is 0 Å². The first-order valence-corrected chi connectivity index (χ1v) is 5.65. The standard InChI is InChI=1S/C14H12FN3/c1-9-5-6-12-17-13(14(16)18(12)8-9)10-3-2-4-11(15)7-10/h2-8H,16H2,1H3. The van der Waals surface area contributed by atoms with Gasteiger partial charge >= 0.3 is 0 Å². The van der Waals surface area contributed by atoms with Crippen molar-refractivity contribution in [2.45, 2.75) is 6.92 Å². The monoisotopic (exact) mass is 241 g/mol. The van der Waals surface area contributed by atoms with Gasteiger partial charge in [-0.2, -0.15) is 0 Å². The van der Waals surface area contributed by atoms with Crippen LogP contribution in [-0.2, 0) is 0 Å². The number of hydrogen-bond donors (Lipinski definition) is 1. The summed E-state index contributed by atoms with van der Waals surface area (Å²) in [5.74, 6) is 0.236. The predicted octanol–water partition coefficient (Wildman–Crippen LogP) is 3.03. The van der Waals surface area contributed by atoms with Gasteiger partial charge in [0, 0.05) is 11.8 Å². The number of rotatable bonds is 1. The van der Waals surface area contributed by atoms with Crippen LogP contribution < -0.4 is 5.73 Å². The van der Waals surface area contributed by atoms with Crippen molar-refractivity contribution in [3.8, 4) is 11.3 Å². The highest BCUT2D eigenvalue weighted by molar-refractivity contribution is 5.74. The zero-order valence-electron chi connectivity index (χ0n) is 9.89. The van der Waals surface area contributed by atoms with Crippen molar-refractivity contribution in [3.63, 3.8) is 0 Å². The van der Waals surface area contributed by atoms with Crippen molar-refractivity contribution >= 4 is 11.5 Å². The van der Waals surface area contributed by atoms with Gasteiger partial charge in [-0.1, -0.05) is 18.2 Å². The number of halogens is 1. The van der Waals surface area contributed by atoms with Gasteiger partial charge in [-0.05, 0) is 30.7 Å². The lowest BCUT2D eigenvalue weighted by Crippen LogP contribution is -1.94. The van der Waals surface area contributed by atoms with E-state index in [1.54, 1.807) is 12.1 Å². The van der Waals surface area contributed by atoms with Gasteiger partial charge < -0.3 is 5.73 Å². The van der Waals surface area contributed by atoms with Crippen LogP contribution in [0.4, 0.5) is 10.2 Å². The average Bonchev–Trinajstić information content (AvgIpc) is 2.67. The molecule has 0 aliphatic carbocycles. The Kier molecular flexibility index (Phi) is 2.30. The summed E-state index contributed by atoms with van der Waals surface area (Å²) in [5.41, 5.74) is 9.22. The fourth-order valence-electron chi connectivity index (χ4n) is 2.02. The molecule has 0 bridgehead atoms. The third-order valence-corrected chi connectivity index (χ3v) is 2.90. The zero-order chi connectivity index (χ0) is 12.7. The first kappa shape index (κ1) is 10.8. The highest BCUT2D eigenvalue weighted by Gasteiger charge is 2.11. The summed E-state index contributed by atoms with van der Waals surface area (Å²) in [4.78, 5) is 4.44. The molecule has 0 aliphatic rings. The Morgan fingerprint density at radius 3 is 2.83 bits per heavy atom. The maximum absolute atomic E-state index is 13.2. The molecule has 0 amide bonds. The van der Waals surface area contributed by atoms with Gasteiger partial charge in [0.2, 0.25) is 0 Å². The van der Waals surface area contributed by atoms with Gasteiger partial charge in [-0.3, -0.25) is 4.40 Å². The summed E-state index contributed by atoms with van der Waals surface area (Å²) in [6.45, 7) is 1.99. The number of pyridine rings is 1. The fraction of sp³-hybridized carbons (Fsp3) is 0.0714. The van der Waals surface area contributed by atoms with Crippen LogP contribution in [0.3, 0.4) is 0 Å². The molecular weight excluding hydrogens is 229 g/mol. The lowest BCUT2D eigenvalue weighted by Gasteiger charge is -2.00. The molecule has 2 aromatic heterocycles. The molecule has 1 aromatic carbocycles. The molecule has 90 valence electrons. The van der Waals surface area contributed by atoms with Gasteiger partial charge in [-0.15, -0.1) is 0 Å². The summed E-state index contributed by atoms with van der Waals surface area (Å²) in [6, 6.07) is 10.2. The van der Waals surface area contributed by atoms with Gasteiger partial charge in [-0.25, -0.2) is 9.37 Å². The van der Waals surface area contributed by atoms with Crippen molar-refractivity contribution < 1.29 is 4.39 Å². The summed E-state index contributed by atoms with van der Waals surface area (Å²) in [6.07, 6.45) is 1.92. The van der Waals surface area contributed by atoms with E-state index in [4.69, 9.17) is 5.73 Å². The van der Waals surface area contributed by atoms with Crippen LogP contribution in [0, 0.1) is 12.7 Å². The molecule has 0 radical (unpaired) electrons. The average molecular weight is 241 g/mol. The predicted molar refractivity (Wildman–Crippen MR) is 69.7 cm³/mol. The highest BCUT2D eigenvalue weighted by atomic mass is 19.1. The minimum absolute atomic E-state index is 0.292. The number of nitrogen functional groups attached to an aromatic ring is 1. The number of aryl methyl sites for hydroxylation is 1. The SMILES string of the molecule is Cc1ccc2nc(-c3cccc(F)c3)c(N)n2c1. The first-order chi connectivity index (χ1) is 8.65. The van der Waals surface area contributed by atoms with Crippen LogP contribution in [0.1, 0.15) is 5.56 Å². The maximum atomic E-state index is 13.2. The smallest absolute Gasteiger partial charge is 0.139 e. The summed E-state index contributed by atoms with van der Waals surface area (Å²) >= 11 is 0. The molecule has 2 heterocycles. The van der Waals surface area contributed by atoms with E-state index in [9.17, 15) is 4.39 Å². The number of nitrogens with zero attached hydrogens (tertiary/aromatic N) is 2. The van der Waals surface area contributed by atoms with Crippen LogP contribution in [-0.4, -0.2) is 9.38 Å². The van der Waals surface area contributed by atoms with Crippen LogP contribution >= 0.6 is 0 Å². The van der Waals surface area contributed by atoms with Crippen LogP contribution in [0.25, 0.3) is 16.9 Å². The molecule has 0 aliphatic heterocycles. The number of nitrogens with two attached hydrogens (primary N) is 1. The molecule has 3 aromatic rings. The van der Waals surface area contributed by atoms with Gasteiger partial charge in [0.25, 0.3) is 0 Å². The van der Waals surface area contributed by atoms with Crippen molar-refractivity contribution in [1.82, 2.24) is 9.38 Å². The number of benzene rings is 1. The van der Waals surface area contributed by atoms with E-state index >= 15 is 0 Å². The molecule has 0 spiro atoms. The minimum Gasteiger partial charge on any atom is -0.383 e. The maximum Gasteiger partial charge on any atom is 0.139 e. The van der Waals surface area contributed by atoms with Gasteiger partial charge in [0.15, 0.2) is 0 Å². The van der Waals surface area contributed by atoms with Gasteiger partial charge in [0.05, 0.1) is 0 Å². The molecule has 0 fully saturated rings. The fourth-order valence-corrected chi connectivity index (χ4v) is 2.02. The largest absolute Gasteiger partial charge is 0.383 e. The van der Waals surface area contributed by atoms with Crippen LogP contribution in [0.15, 0.2) is 42.6 Å². The summed E-state index contributed by atoms with van der Waals surface area (Å²) in [5, 5.41) is 0. The van der Waals surface area contributed by atoms with E-state index in [1.807, 2.05) is 29.7 Å². The Bertz CT molecular complexity index is 731. The minimum atomic E-state index is -0.292. The van der Waals surface area contributed by atoms with Crippen LogP contribution in [0.5, 0.6) is 0 Å². The first-order valence-electron chi connectivity index (χ1n) is 5.65. The van der Waals surface area contributed by atoms with E-state index in [-0.39, 0.29) is 5.82 Å². The molecule has 18 heavy (non-hydrogen) atoms. The Balaban J connectivity index is 2.27. The Hall–Kier alpha value is -2.36. The molecule has 0 atom stereocenters. The lowest BCUT2D eigenvalue weighted by molar-refractivity contribution is 0.628. The molecular formula is C14H12FN3. The highest BCUT2D eigenvalue weighted by Crippen LogP contribution is 2.26. The normalized spacial score (nSPS) is 11.0. The Morgan fingerprint density at radius 1 is 1.22 bits per heavy atom. The molecule has 0 saturated heterocycles. The van der Waals surface area contributed by atoms with Crippen LogP contribution in [0.2, 0.25) is 0 Å². The molecule has 0 saturated carbocycles. The molecule has 0 unspecified atom stereocenters. The van der Waals surface area contributed by atoms with E-state index in [1.165, 1.54) is 12.1 Å².